The van der Waals surface area contributed by atoms with E-state index in [1.54, 1.807) is 0 Å². The minimum Gasteiger partial charge on any atom is -0.364 e. The second kappa shape index (κ2) is 5.70. The first-order valence-electron chi connectivity index (χ1n) is 7.68. The van der Waals surface area contributed by atoms with Crippen LogP contribution in [0, 0.1) is 0 Å². The maximum absolute atomic E-state index is 2.60. The van der Waals surface area contributed by atoms with E-state index < -0.39 is 0 Å². The lowest BCUT2D eigenvalue weighted by Crippen LogP contribution is -2.23. The molecular weight excluding hydrogens is 242 g/mol. The van der Waals surface area contributed by atoms with Crippen molar-refractivity contribution in [2.24, 2.45) is 0 Å². The number of hydrogen-bond acceptors (Lipinski definition) is 1. The van der Waals surface area contributed by atoms with Gasteiger partial charge in [0.05, 0.1) is 6.04 Å². The van der Waals surface area contributed by atoms with Crippen LogP contribution in [0.2, 0.25) is 0 Å². The Balaban J connectivity index is 1.97. The van der Waals surface area contributed by atoms with Gasteiger partial charge in [0.2, 0.25) is 0 Å². The third-order valence-electron chi connectivity index (χ3n) is 4.31. The highest BCUT2D eigenvalue weighted by Crippen LogP contribution is 2.39. The largest absolute Gasteiger partial charge is 0.364 e. The monoisotopic (exact) mass is 265 g/mol. The van der Waals surface area contributed by atoms with E-state index in [1.807, 2.05) is 0 Å². The summed E-state index contributed by atoms with van der Waals surface area (Å²) in [6.45, 7) is 5.74. The average Bonchev–Trinajstić information content (AvgIpc) is 2.97. The van der Waals surface area contributed by atoms with Gasteiger partial charge in [0.15, 0.2) is 0 Å². The predicted molar refractivity (Wildman–Crippen MR) is 86.3 cm³/mol. The molecule has 1 aliphatic rings. The Morgan fingerprint density at radius 3 is 2.40 bits per heavy atom. The lowest BCUT2D eigenvalue weighted by atomic mass is 9.98. The molecule has 0 bridgehead atoms. The molecule has 20 heavy (non-hydrogen) atoms. The first-order valence-corrected chi connectivity index (χ1v) is 7.68. The highest BCUT2D eigenvalue weighted by molar-refractivity contribution is 5.57. The van der Waals surface area contributed by atoms with E-state index in [9.17, 15) is 0 Å². The second-order valence-corrected chi connectivity index (χ2v) is 5.98. The minimum atomic E-state index is 0.538. The molecule has 1 heteroatoms. The summed E-state index contributed by atoms with van der Waals surface area (Å²) in [4.78, 5) is 2.60. The van der Waals surface area contributed by atoms with Crippen LogP contribution in [0.4, 0.5) is 5.69 Å². The second-order valence-electron chi connectivity index (χ2n) is 5.98. The molecular formula is C19H23N. The van der Waals surface area contributed by atoms with E-state index in [2.05, 4.69) is 73.3 Å². The van der Waals surface area contributed by atoms with E-state index >= 15 is 0 Å². The normalized spacial score (nSPS) is 18.8. The smallest absolute Gasteiger partial charge is 0.0543 e. The van der Waals surface area contributed by atoms with Gasteiger partial charge in [0.1, 0.15) is 0 Å². The Kier molecular flexibility index (Phi) is 3.77. The van der Waals surface area contributed by atoms with Crippen molar-refractivity contribution >= 4 is 5.69 Å². The van der Waals surface area contributed by atoms with Crippen molar-refractivity contribution in [1.29, 1.82) is 0 Å². The van der Waals surface area contributed by atoms with Gasteiger partial charge in [-0.05, 0) is 36.0 Å². The third-order valence-corrected chi connectivity index (χ3v) is 4.31. The lowest BCUT2D eigenvalue weighted by molar-refractivity contribution is 0.711. The zero-order chi connectivity index (χ0) is 13.9. The molecule has 2 aromatic rings. The Labute approximate surface area is 122 Å². The Bertz CT molecular complexity index is 559. The van der Waals surface area contributed by atoms with Crippen molar-refractivity contribution in [3.63, 3.8) is 0 Å². The van der Waals surface area contributed by atoms with Crippen LogP contribution in [0.25, 0.3) is 0 Å². The van der Waals surface area contributed by atoms with Gasteiger partial charge in [-0.25, -0.2) is 0 Å². The van der Waals surface area contributed by atoms with Gasteiger partial charge in [0, 0.05) is 12.2 Å². The van der Waals surface area contributed by atoms with Gasteiger partial charge in [-0.3, -0.25) is 0 Å². The van der Waals surface area contributed by atoms with E-state index in [0.29, 0.717) is 12.0 Å². The molecule has 1 unspecified atom stereocenters. The van der Waals surface area contributed by atoms with Crippen LogP contribution in [-0.4, -0.2) is 6.54 Å². The van der Waals surface area contributed by atoms with Gasteiger partial charge < -0.3 is 4.90 Å². The van der Waals surface area contributed by atoms with Gasteiger partial charge in [-0.2, -0.15) is 0 Å². The summed E-state index contributed by atoms with van der Waals surface area (Å²) in [6.07, 6.45) is 2.54. The number of rotatable bonds is 3. The molecule has 1 atom stereocenters. The SMILES string of the molecule is CC(C)c1ccccc1N1CCCC1c1ccccc1. The molecule has 1 heterocycles. The van der Waals surface area contributed by atoms with Crippen LogP contribution in [0.3, 0.4) is 0 Å². The number of benzene rings is 2. The molecule has 0 aromatic heterocycles. The van der Waals surface area contributed by atoms with Gasteiger partial charge >= 0.3 is 0 Å². The van der Waals surface area contributed by atoms with Crippen molar-refractivity contribution in [3.05, 3.63) is 65.7 Å². The fourth-order valence-electron chi connectivity index (χ4n) is 3.31. The maximum atomic E-state index is 2.60. The molecule has 1 saturated heterocycles. The Morgan fingerprint density at radius 1 is 0.950 bits per heavy atom. The lowest BCUT2D eigenvalue weighted by Gasteiger charge is -2.30. The van der Waals surface area contributed by atoms with Crippen LogP contribution in [-0.2, 0) is 0 Å². The summed E-state index contributed by atoms with van der Waals surface area (Å²) < 4.78 is 0. The molecule has 0 spiro atoms. The Morgan fingerprint density at radius 2 is 1.65 bits per heavy atom. The molecule has 1 fully saturated rings. The van der Waals surface area contributed by atoms with E-state index in [-0.39, 0.29) is 0 Å². The molecule has 0 N–H and O–H groups in total. The zero-order valence-electron chi connectivity index (χ0n) is 12.4. The predicted octanol–water partition coefficient (Wildman–Crippen LogP) is 5.15. The zero-order valence-corrected chi connectivity index (χ0v) is 12.4. The molecule has 104 valence electrons. The van der Waals surface area contributed by atoms with Gasteiger partial charge in [-0.1, -0.05) is 62.4 Å². The summed E-state index contributed by atoms with van der Waals surface area (Å²) in [6, 6.07) is 20.4. The first kappa shape index (κ1) is 13.2. The molecule has 3 rings (SSSR count). The number of nitrogens with zero attached hydrogens (tertiary/aromatic N) is 1. The third kappa shape index (κ3) is 2.45. The van der Waals surface area contributed by atoms with Crippen LogP contribution >= 0.6 is 0 Å². The topological polar surface area (TPSA) is 3.24 Å². The van der Waals surface area contributed by atoms with E-state index in [1.165, 1.54) is 36.2 Å². The van der Waals surface area contributed by atoms with Crippen LogP contribution < -0.4 is 4.90 Å². The van der Waals surface area contributed by atoms with Crippen molar-refractivity contribution in [1.82, 2.24) is 0 Å². The molecule has 2 aromatic carbocycles. The quantitative estimate of drug-likeness (QED) is 0.741. The van der Waals surface area contributed by atoms with Crippen LogP contribution in [0.1, 0.15) is 49.8 Å². The first-order chi connectivity index (χ1) is 9.77. The fourth-order valence-corrected chi connectivity index (χ4v) is 3.31. The van der Waals surface area contributed by atoms with Gasteiger partial charge in [-0.15, -0.1) is 0 Å². The van der Waals surface area contributed by atoms with Crippen molar-refractivity contribution < 1.29 is 0 Å². The van der Waals surface area contributed by atoms with E-state index in [0.717, 1.165) is 0 Å². The highest BCUT2D eigenvalue weighted by atomic mass is 15.2. The highest BCUT2D eigenvalue weighted by Gasteiger charge is 2.27. The molecule has 1 aliphatic heterocycles. The van der Waals surface area contributed by atoms with Crippen molar-refractivity contribution in [2.75, 3.05) is 11.4 Å². The molecule has 1 nitrogen and oxygen atoms in total. The molecule has 0 amide bonds. The summed E-state index contributed by atoms with van der Waals surface area (Å²) in [5.41, 5.74) is 4.34. The van der Waals surface area contributed by atoms with Gasteiger partial charge in [0.25, 0.3) is 0 Å². The molecule has 0 saturated carbocycles. The maximum Gasteiger partial charge on any atom is 0.0543 e. The minimum absolute atomic E-state index is 0.538. The average molecular weight is 265 g/mol. The summed E-state index contributed by atoms with van der Waals surface area (Å²) in [5, 5.41) is 0. The molecule has 0 aliphatic carbocycles. The van der Waals surface area contributed by atoms with Crippen LogP contribution in [0.15, 0.2) is 54.6 Å². The Hall–Kier alpha value is -1.76. The van der Waals surface area contributed by atoms with Crippen molar-refractivity contribution in [3.8, 4) is 0 Å². The number of anilines is 1. The van der Waals surface area contributed by atoms with Crippen molar-refractivity contribution in [2.45, 2.75) is 38.6 Å². The fraction of sp³-hybridized carbons (Fsp3) is 0.368. The summed E-state index contributed by atoms with van der Waals surface area (Å²) >= 11 is 0. The number of hydrogen-bond donors (Lipinski definition) is 0. The standard InChI is InChI=1S/C19H23N/c1-15(2)17-11-6-7-12-19(17)20-14-8-13-18(20)16-9-4-3-5-10-16/h3-7,9-12,15,18H,8,13-14H2,1-2H3. The number of para-hydroxylation sites is 1. The van der Waals surface area contributed by atoms with E-state index in [4.69, 9.17) is 0 Å². The van der Waals surface area contributed by atoms with Crippen LogP contribution in [0.5, 0.6) is 0 Å². The molecule has 0 radical (unpaired) electrons. The summed E-state index contributed by atoms with van der Waals surface area (Å²) in [7, 11) is 0. The summed E-state index contributed by atoms with van der Waals surface area (Å²) in [5.74, 6) is 0.572.